The lowest BCUT2D eigenvalue weighted by molar-refractivity contribution is 0.0939. The van der Waals surface area contributed by atoms with Crippen molar-refractivity contribution < 1.29 is 4.79 Å². The SMILES string of the molecule is CCc1[nH]nc(C(=O)NC[C@H]2CCN(C3CCN(C)CC3)C2)c1C. The zero-order valence-corrected chi connectivity index (χ0v) is 15.3. The third-order valence-electron chi connectivity index (χ3n) is 5.75. The average molecular weight is 333 g/mol. The molecule has 0 aromatic carbocycles. The van der Waals surface area contributed by atoms with Gasteiger partial charge in [-0.15, -0.1) is 0 Å². The summed E-state index contributed by atoms with van der Waals surface area (Å²) in [6, 6.07) is 0.739. The van der Waals surface area contributed by atoms with Crippen molar-refractivity contribution in [2.45, 2.75) is 45.6 Å². The standard InChI is InChI=1S/C18H31N5O/c1-4-16-13(2)17(21-20-16)18(24)19-11-14-5-10-23(12-14)15-6-8-22(3)9-7-15/h14-15H,4-12H2,1-3H3,(H,19,24)(H,20,21)/t14-/m1/s1. The summed E-state index contributed by atoms with van der Waals surface area (Å²) in [4.78, 5) is 17.4. The zero-order chi connectivity index (χ0) is 17.1. The summed E-state index contributed by atoms with van der Waals surface area (Å²) in [5, 5.41) is 10.2. The van der Waals surface area contributed by atoms with Crippen LogP contribution in [-0.4, -0.2) is 71.7 Å². The third kappa shape index (κ3) is 3.81. The number of aromatic amines is 1. The van der Waals surface area contributed by atoms with E-state index in [1.165, 1.54) is 38.9 Å². The number of carbonyl (C=O) groups is 1. The first-order chi connectivity index (χ1) is 11.6. The Morgan fingerprint density at radius 2 is 2.04 bits per heavy atom. The monoisotopic (exact) mass is 333 g/mol. The van der Waals surface area contributed by atoms with Crippen LogP contribution in [-0.2, 0) is 6.42 Å². The molecule has 1 aromatic rings. The molecule has 2 aliphatic rings. The summed E-state index contributed by atoms with van der Waals surface area (Å²) in [6.07, 6.45) is 4.62. The average Bonchev–Trinajstić information content (AvgIpc) is 3.20. The molecule has 3 rings (SSSR count). The molecule has 2 N–H and O–H groups in total. The molecule has 1 amide bonds. The number of rotatable bonds is 5. The van der Waals surface area contributed by atoms with Crippen molar-refractivity contribution in [1.29, 1.82) is 0 Å². The van der Waals surface area contributed by atoms with Gasteiger partial charge in [-0.2, -0.15) is 5.10 Å². The van der Waals surface area contributed by atoms with Gasteiger partial charge in [-0.3, -0.25) is 14.8 Å². The number of hydrogen-bond acceptors (Lipinski definition) is 4. The molecule has 6 heteroatoms. The first-order valence-corrected chi connectivity index (χ1v) is 9.33. The Labute approximate surface area is 145 Å². The van der Waals surface area contributed by atoms with Crippen molar-refractivity contribution in [3.63, 3.8) is 0 Å². The highest BCUT2D eigenvalue weighted by Crippen LogP contribution is 2.23. The number of amides is 1. The molecule has 2 fully saturated rings. The van der Waals surface area contributed by atoms with E-state index >= 15 is 0 Å². The van der Waals surface area contributed by atoms with Gasteiger partial charge in [0.1, 0.15) is 0 Å². The van der Waals surface area contributed by atoms with Gasteiger partial charge >= 0.3 is 0 Å². The highest BCUT2D eigenvalue weighted by molar-refractivity contribution is 5.93. The van der Waals surface area contributed by atoms with Crippen LogP contribution in [0.1, 0.15) is 47.9 Å². The van der Waals surface area contributed by atoms with Crippen LogP contribution in [0.2, 0.25) is 0 Å². The van der Waals surface area contributed by atoms with Crippen molar-refractivity contribution in [2.75, 3.05) is 39.8 Å². The normalized spacial score (nSPS) is 23.7. The number of H-pyrrole nitrogens is 1. The maximum atomic E-state index is 12.4. The molecule has 6 nitrogen and oxygen atoms in total. The number of carbonyl (C=O) groups excluding carboxylic acids is 1. The van der Waals surface area contributed by atoms with Gasteiger partial charge in [0.15, 0.2) is 5.69 Å². The van der Waals surface area contributed by atoms with Gasteiger partial charge in [0.25, 0.3) is 5.91 Å². The number of aryl methyl sites for hydroxylation is 1. The molecule has 24 heavy (non-hydrogen) atoms. The van der Waals surface area contributed by atoms with E-state index in [4.69, 9.17) is 0 Å². The van der Waals surface area contributed by atoms with E-state index < -0.39 is 0 Å². The van der Waals surface area contributed by atoms with Crippen LogP contribution in [0.4, 0.5) is 0 Å². The van der Waals surface area contributed by atoms with Gasteiger partial charge in [-0.05, 0) is 65.2 Å². The number of likely N-dealkylation sites (tertiary alicyclic amines) is 2. The van der Waals surface area contributed by atoms with Gasteiger partial charge in [0, 0.05) is 30.4 Å². The van der Waals surface area contributed by atoms with Crippen LogP contribution in [0.5, 0.6) is 0 Å². The van der Waals surface area contributed by atoms with Gasteiger partial charge < -0.3 is 10.2 Å². The van der Waals surface area contributed by atoms with Crippen LogP contribution in [0, 0.1) is 12.8 Å². The van der Waals surface area contributed by atoms with Gasteiger partial charge in [0.2, 0.25) is 0 Å². The van der Waals surface area contributed by atoms with Crippen molar-refractivity contribution in [3.8, 4) is 0 Å². The van der Waals surface area contributed by atoms with E-state index in [0.29, 0.717) is 11.6 Å². The number of nitrogens with one attached hydrogen (secondary N) is 2. The van der Waals surface area contributed by atoms with Crippen LogP contribution < -0.4 is 5.32 Å². The molecule has 0 bridgehead atoms. The molecule has 1 aromatic heterocycles. The molecule has 134 valence electrons. The molecule has 2 aliphatic heterocycles. The predicted octanol–water partition coefficient (Wildman–Crippen LogP) is 1.43. The highest BCUT2D eigenvalue weighted by Gasteiger charge is 2.30. The first kappa shape index (κ1) is 17.4. The minimum Gasteiger partial charge on any atom is -0.350 e. The fourth-order valence-electron chi connectivity index (χ4n) is 4.04. The largest absolute Gasteiger partial charge is 0.350 e. The summed E-state index contributed by atoms with van der Waals surface area (Å²) in [7, 11) is 2.21. The van der Waals surface area contributed by atoms with Crippen LogP contribution >= 0.6 is 0 Å². The molecular weight excluding hydrogens is 302 g/mol. The van der Waals surface area contributed by atoms with Crippen molar-refractivity contribution in [2.24, 2.45) is 5.92 Å². The number of hydrogen-bond donors (Lipinski definition) is 2. The topological polar surface area (TPSA) is 64.3 Å². The third-order valence-corrected chi connectivity index (χ3v) is 5.75. The molecule has 1 atom stereocenters. The number of piperidine rings is 1. The summed E-state index contributed by atoms with van der Waals surface area (Å²) < 4.78 is 0. The second-order valence-electron chi connectivity index (χ2n) is 7.42. The number of aromatic nitrogens is 2. The molecule has 0 unspecified atom stereocenters. The summed E-state index contributed by atoms with van der Waals surface area (Å²) in [5.74, 6) is 0.527. The summed E-state index contributed by atoms with van der Waals surface area (Å²) in [6.45, 7) is 9.51. The quantitative estimate of drug-likeness (QED) is 0.855. The number of nitrogens with zero attached hydrogens (tertiary/aromatic N) is 3. The minimum atomic E-state index is -0.0406. The smallest absolute Gasteiger partial charge is 0.272 e. The van der Waals surface area contributed by atoms with Gasteiger partial charge in [-0.1, -0.05) is 6.92 Å². The maximum Gasteiger partial charge on any atom is 0.272 e. The predicted molar refractivity (Wildman–Crippen MR) is 95.2 cm³/mol. The second-order valence-corrected chi connectivity index (χ2v) is 7.42. The Bertz CT molecular complexity index is 562. The summed E-state index contributed by atoms with van der Waals surface area (Å²) in [5.41, 5.74) is 2.58. The molecule has 3 heterocycles. The van der Waals surface area contributed by atoms with E-state index in [1.54, 1.807) is 0 Å². The molecule has 0 aliphatic carbocycles. The van der Waals surface area contributed by atoms with Crippen molar-refractivity contribution >= 4 is 5.91 Å². The lowest BCUT2D eigenvalue weighted by Gasteiger charge is -2.35. The van der Waals surface area contributed by atoms with E-state index in [1.807, 2.05) is 6.92 Å². The molecule has 0 spiro atoms. The van der Waals surface area contributed by atoms with Gasteiger partial charge in [-0.25, -0.2) is 0 Å². The highest BCUT2D eigenvalue weighted by atomic mass is 16.1. The van der Waals surface area contributed by atoms with Crippen LogP contribution in [0.3, 0.4) is 0 Å². The molecule has 0 radical (unpaired) electrons. The van der Waals surface area contributed by atoms with Crippen LogP contribution in [0.25, 0.3) is 0 Å². The molecule has 2 saturated heterocycles. The fourth-order valence-corrected chi connectivity index (χ4v) is 4.04. The Morgan fingerprint density at radius 1 is 1.29 bits per heavy atom. The Kier molecular flexibility index (Phi) is 5.56. The van der Waals surface area contributed by atoms with E-state index in [0.717, 1.165) is 36.8 Å². The molecular formula is C18H31N5O. The second kappa shape index (κ2) is 7.66. The minimum absolute atomic E-state index is 0.0406. The zero-order valence-electron chi connectivity index (χ0n) is 15.3. The Balaban J connectivity index is 1.46. The van der Waals surface area contributed by atoms with Crippen LogP contribution in [0.15, 0.2) is 0 Å². The Morgan fingerprint density at radius 3 is 2.71 bits per heavy atom. The van der Waals surface area contributed by atoms with Gasteiger partial charge in [0.05, 0.1) is 0 Å². The fraction of sp³-hybridized carbons (Fsp3) is 0.778. The lowest BCUT2D eigenvalue weighted by atomic mass is 10.0. The van der Waals surface area contributed by atoms with Crippen molar-refractivity contribution in [1.82, 2.24) is 25.3 Å². The van der Waals surface area contributed by atoms with E-state index in [-0.39, 0.29) is 5.91 Å². The molecule has 0 saturated carbocycles. The van der Waals surface area contributed by atoms with E-state index in [9.17, 15) is 4.79 Å². The van der Waals surface area contributed by atoms with Crippen molar-refractivity contribution in [3.05, 3.63) is 17.0 Å². The first-order valence-electron chi connectivity index (χ1n) is 9.33. The summed E-state index contributed by atoms with van der Waals surface area (Å²) >= 11 is 0. The lowest BCUT2D eigenvalue weighted by Crippen LogP contribution is -2.43. The Hall–Kier alpha value is -1.40. The maximum absolute atomic E-state index is 12.4. The van der Waals surface area contributed by atoms with E-state index in [2.05, 4.69) is 39.3 Å².